The lowest BCUT2D eigenvalue weighted by Gasteiger charge is -2.20. The summed E-state index contributed by atoms with van der Waals surface area (Å²) in [4.78, 5) is 0.321. The highest BCUT2D eigenvalue weighted by Crippen LogP contribution is 2.20. The van der Waals surface area contributed by atoms with Crippen LogP contribution in [0.5, 0.6) is 0 Å². The quantitative estimate of drug-likeness (QED) is 0.768. The molecule has 0 saturated carbocycles. The first-order valence-corrected chi connectivity index (χ1v) is 10.5. The molecule has 6 heteroatoms. The molecule has 0 saturated heterocycles. The summed E-state index contributed by atoms with van der Waals surface area (Å²) < 4.78 is 23.1. The van der Waals surface area contributed by atoms with Gasteiger partial charge in [-0.05, 0) is 73.4 Å². The van der Waals surface area contributed by atoms with Gasteiger partial charge in [-0.1, -0.05) is 25.1 Å². The molecule has 0 bridgehead atoms. The first-order valence-electron chi connectivity index (χ1n) is 8.15. The lowest BCUT2D eigenvalue weighted by atomic mass is 10.1. The van der Waals surface area contributed by atoms with E-state index >= 15 is 0 Å². The Morgan fingerprint density at radius 3 is 2.24 bits per heavy atom. The van der Waals surface area contributed by atoms with Crippen LogP contribution in [0.4, 0.5) is 5.69 Å². The Balaban J connectivity index is 2.08. The van der Waals surface area contributed by atoms with Gasteiger partial charge in [-0.25, -0.2) is 8.42 Å². The molecule has 134 valence electrons. The molecule has 0 radical (unpaired) electrons. The van der Waals surface area contributed by atoms with Crippen LogP contribution >= 0.6 is 12.2 Å². The highest BCUT2D eigenvalue weighted by molar-refractivity contribution is 7.90. The molecule has 0 spiro atoms. The van der Waals surface area contributed by atoms with Gasteiger partial charge in [0.15, 0.2) is 14.9 Å². The van der Waals surface area contributed by atoms with Crippen molar-refractivity contribution in [1.29, 1.82) is 0 Å². The smallest absolute Gasteiger partial charge is 0.175 e. The summed E-state index contributed by atoms with van der Waals surface area (Å²) in [7, 11) is -3.18. The minimum absolute atomic E-state index is 0.0140. The number of benzene rings is 2. The summed E-state index contributed by atoms with van der Waals surface area (Å²) in [5, 5.41) is 7.04. The van der Waals surface area contributed by atoms with Gasteiger partial charge in [0.25, 0.3) is 0 Å². The number of aryl methyl sites for hydroxylation is 2. The minimum atomic E-state index is -3.18. The van der Waals surface area contributed by atoms with Gasteiger partial charge in [-0.2, -0.15) is 0 Å². The van der Waals surface area contributed by atoms with Crippen molar-refractivity contribution < 1.29 is 8.42 Å². The maximum absolute atomic E-state index is 11.6. The van der Waals surface area contributed by atoms with Crippen LogP contribution < -0.4 is 10.6 Å². The molecular weight excluding hydrogens is 352 g/mol. The highest BCUT2D eigenvalue weighted by atomic mass is 32.2. The van der Waals surface area contributed by atoms with Gasteiger partial charge >= 0.3 is 0 Å². The van der Waals surface area contributed by atoms with E-state index in [0.717, 1.165) is 17.7 Å². The number of rotatable bonds is 5. The monoisotopic (exact) mass is 376 g/mol. The average Bonchev–Trinajstić information content (AvgIpc) is 2.55. The number of hydrogen-bond acceptors (Lipinski definition) is 3. The maximum Gasteiger partial charge on any atom is 0.175 e. The fraction of sp³-hybridized carbons (Fsp3) is 0.316. The third kappa shape index (κ3) is 5.28. The standard InChI is InChI=1S/C19H24N2O2S2/c1-5-18(15-7-10-17(11-8-15)25(4,22)23)21-19(24)20-16-9-6-13(2)14(3)12-16/h6-12,18H,5H2,1-4H3,(H2,20,21,24)/t18-/m0/s1. The molecule has 0 aliphatic carbocycles. The van der Waals surface area contributed by atoms with E-state index in [2.05, 4.69) is 43.5 Å². The maximum atomic E-state index is 11.6. The summed E-state index contributed by atoms with van der Waals surface area (Å²) >= 11 is 5.42. The summed E-state index contributed by atoms with van der Waals surface area (Å²) in [6.07, 6.45) is 2.03. The first-order chi connectivity index (χ1) is 11.7. The van der Waals surface area contributed by atoms with Crippen molar-refractivity contribution in [3.8, 4) is 0 Å². The van der Waals surface area contributed by atoms with Crippen LogP contribution in [0.25, 0.3) is 0 Å². The van der Waals surface area contributed by atoms with Crippen molar-refractivity contribution in [3.63, 3.8) is 0 Å². The molecule has 0 unspecified atom stereocenters. The van der Waals surface area contributed by atoms with E-state index in [1.54, 1.807) is 12.1 Å². The summed E-state index contributed by atoms with van der Waals surface area (Å²) in [6, 6.07) is 13.1. The molecule has 0 fully saturated rings. The second kappa shape index (κ2) is 7.97. The van der Waals surface area contributed by atoms with Gasteiger partial charge in [-0.3, -0.25) is 0 Å². The van der Waals surface area contributed by atoms with E-state index in [0.29, 0.717) is 10.0 Å². The van der Waals surface area contributed by atoms with E-state index in [-0.39, 0.29) is 6.04 Å². The van der Waals surface area contributed by atoms with Gasteiger partial charge in [-0.15, -0.1) is 0 Å². The molecule has 25 heavy (non-hydrogen) atoms. The van der Waals surface area contributed by atoms with E-state index in [9.17, 15) is 8.42 Å². The van der Waals surface area contributed by atoms with E-state index in [1.807, 2.05) is 18.2 Å². The molecule has 1 atom stereocenters. The van der Waals surface area contributed by atoms with Gasteiger partial charge < -0.3 is 10.6 Å². The van der Waals surface area contributed by atoms with Gasteiger partial charge in [0.2, 0.25) is 0 Å². The molecule has 2 aromatic carbocycles. The zero-order valence-electron chi connectivity index (χ0n) is 15.0. The van der Waals surface area contributed by atoms with Crippen molar-refractivity contribution in [3.05, 3.63) is 59.2 Å². The van der Waals surface area contributed by atoms with Gasteiger partial charge in [0.1, 0.15) is 0 Å². The normalized spacial score (nSPS) is 12.5. The van der Waals surface area contributed by atoms with Crippen LogP contribution in [-0.2, 0) is 9.84 Å². The Hall–Kier alpha value is -1.92. The van der Waals surface area contributed by atoms with Crippen molar-refractivity contribution in [2.24, 2.45) is 0 Å². The van der Waals surface area contributed by atoms with Crippen molar-refractivity contribution in [1.82, 2.24) is 5.32 Å². The molecule has 0 aliphatic heterocycles. The molecule has 0 aliphatic rings. The third-order valence-corrected chi connectivity index (χ3v) is 5.54. The molecule has 2 rings (SSSR count). The van der Waals surface area contributed by atoms with Crippen LogP contribution in [0.15, 0.2) is 47.4 Å². The van der Waals surface area contributed by atoms with Crippen molar-refractivity contribution in [2.75, 3.05) is 11.6 Å². The van der Waals surface area contributed by atoms with Gasteiger partial charge in [0.05, 0.1) is 10.9 Å². The zero-order valence-corrected chi connectivity index (χ0v) is 16.6. The number of hydrogen-bond donors (Lipinski definition) is 2. The summed E-state index contributed by atoms with van der Waals surface area (Å²) in [5.41, 5.74) is 4.39. The number of thiocarbonyl (C=S) groups is 1. The first kappa shape index (κ1) is 19.4. The Morgan fingerprint density at radius 1 is 1.08 bits per heavy atom. The Labute approximate surface area is 155 Å². The van der Waals surface area contributed by atoms with Crippen LogP contribution in [0.2, 0.25) is 0 Å². The molecular formula is C19H24N2O2S2. The molecule has 2 aromatic rings. The molecule has 0 heterocycles. The number of sulfone groups is 1. The van der Waals surface area contributed by atoms with E-state index in [4.69, 9.17) is 12.2 Å². The molecule has 2 N–H and O–H groups in total. The van der Waals surface area contributed by atoms with E-state index < -0.39 is 9.84 Å². The predicted octanol–water partition coefficient (Wildman–Crippen LogP) is 4.14. The largest absolute Gasteiger partial charge is 0.356 e. The highest BCUT2D eigenvalue weighted by Gasteiger charge is 2.13. The van der Waals surface area contributed by atoms with Crippen LogP contribution in [0.1, 0.15) is 36.1 Å². The van der Waals surface area contributed by atoms with Crippen LogP contribution in [0.3, 0.4) is 0 Å². The molecule has 0 aromatic heterocycles. The number of anilines is 1. The van der Waals surface area contributed by atoms with Crippen molar-refractivity contribution >= 4 is 32.9 Å². The Morgan fingerprint density at radius 2 is 1.72 bits per heavy atom. The van der Waals surface area contributed by atoms with Crippen LogP contribution in [0, 0.1) is 13.8 Å². The molecule has 0 amide bonds. The fourth-order valence-electron chi connectivity index (χ4n) is 2.51. The lowest BCUT2D eigenvalue weighted by Crippen LogP contribution is -2.32. The molecule has 4 nitrogen and oxygen atoms in total. The van der Waals surface area contributed by atoms with Gasteiger partial charge in [0, 0.05) is 11.9 Å². The predicted molar refractivity (Wildman–Crippen MR) is 108 cm³/mol. The Kier molecular flexibility index (Phi) is 6.19. The summed E-state index contributed by atoms with van der Waals surface area (Å²) in [5.74, 6) is 0. The lowest BCUT2D eigenvalue weighted by molar-refractivity contribution is 0.601. The minimum Gasteiger partial charge on any atom is -0.356 e. The average molecular weight is 377 g/mol. The zero-order chi connectivity index (χ0) is 18.6. The number of nitrogens with one attached hydrogen (secondary N) is 2. The summed E-state index contributed by atoms with van der Waals surface area (Å²) in [6.45, 7) is 6.19. The van der Waals surface area contributed by atoms with Crippen LogP contribution in [-0.4, -0.2) is 19.8 Å². The topological polar surface area (TPSA) is 58.2 Å². The fourth-order valence-corrected chi connectivity index (χ4v) is 3.40. The second-order valence-corrected chi connectivity index (χ2v) is 8.62. The van der Waals surface area contributed by atoms with Crippen molar-refractivity contribution in [2.45, 2.75) is 38.1 Å². The SMILES string of the molecule is CC[C@H](NC(=S)Nc1ccc(C)c(C)c1)c1ccc(S(C)(=O)=O)cc1. The van der Waals surface area contributed by atoms with E-state index in [1.165, 1.54) is 17.4 Å². The third-order valence-electron chi connectivity index (χ3n) is 4.19. The Bertz CT molecular complexity index is 859. The second-order valence-electron chi connectivity index (χ2n) is 6.20.